The molecule has 0 aliphatic carbocycles. The lowest BCUT2D eigenvalue weighted by Crippen LogP contribution is -1.99. The fourth-order valence-corrected chi connectivity index (χ4v) is 3.53. The minimum absolute atomic E-state index is 0.341. The molecular weight excluding hydrogens is 266 g/mol. The molecule has 3 aromatic rings. The van der Waals surface area contributed by atoms with Gasteiger partial charge in [-0.3, -0.25) is 4.40 Å². The third-order valence-corrected chi connectivity index (χ3v) is 4.54. The van der Waals surface area contributed by atoms with E-state index in [0.717, 1.165) is 16.5 Å². The Balaban J connectivity index is 2.29. The van der Waals surface area contributed by atoms with Gasteiger partial charge in [-0.2, -0.15) is 0 Å². The van der Waals surface area contributed by atoms with E-state index in [1.54, 1.807) is 11.3 Å². The van der Waals surface area contributed by atoms with Crippen LogP contribution < -0.4 is 5.73 Å². The minimum Gasteiger partial charge on any atom is -0.383 e. The Morgan fingerprint density at radius 1 is 1.15 bits per heavy atom. The molecule has 0 atom stereocenters. The summed E-state index contributed by atoms with van der Waals surface area (Å²) < 4.78 is 2.10. The summed E-state index contributed by atoms with van der Waals surface area (Å²) >= 11 is 1.70. The summed E-state index contributed by atoms with van der Waals surface area (Å²) in [7, 11) is 0. The summed E-state index contributed by atoms with van der Waals surface area (Å²) in [5.41, 5.74) is 10.9. The van der Waals surface area contributed by atoms with E-state index in [-0.39, 0.29) is 0 Å². The Morgan fingerprint density at radius 2 is 1.80 bits per heavy atom. The van der Waals surface area contributed by atoms with Gasteiger partial charge in [0, 0.05) is 4.88 Å². The van der Waals surface area contributed by atoms with Crippen molar-refractivity contribution >= 4 is 22.1 Å². The summed E-state index contributed by atoms with van der Waals surface area (Å²) in [5, 5.41) is 0. The number of anilines is 1. The average molecular weight is 285 g/mol. The van der Waals surface area contributed by atoms with E-state index in [1.807, 2.05) is 0 Å². The van der Waals surface area contributed by atoms with Crippen molar-refractivity contribution in [1.29, 1.82) is 0 Å². The largest absolute Gasteiger partial charge is 0.383 e. The van der Waals surface area contributed by atoms with E-state index in [0.29, 0.717) is 5.92 Å². The third kappa shape index (κ3) is 1.91. The molecule has 0 aliphatic heterocycles. The second kappa shape index (κ2) is 4.63. The molecule has 1 aromatic carbocycles. The average Bonchev–Trinajstić information content (AvgIpc) is 2.87. The van der Waals surface area contributed by atoms with Crippen LogP contribution in [0.15, 0.2) is 24.3 Å². The molecular formula is C16H19N3S. The van der Waals surface area contributed by atoms with Crippen molar-refractivity contribution in [3.8, 4) is 11.3 Å². The number of nitrogens with two attached hydrogens (primary N) is 1. The van der Waals surface area contributed by atoms with Crippen LogP contribution in [0.2, 0.25) is 0 Å². The molecule has 0 amide bonds. The molecule has 0 spiro atoms. The Kier molecular flexibility index (Phi) is 3.05. The number of fused-ring (bicyclic) bond motifs is 1. The molecule has 0 saturated carbocycles. The molecule has 2 heterocycles. The Bertz CT molecular complexity index is 763. The molecule has 0 saturated heterocycles. The zero-order valence-corrected chi connectivity index (χ0v) is 13.1. The zero-order valence-electron chi connectivity index (χ0n) is 12.3. The van der Waals surface area contributed by atoms with Gasteiger partial charge in [-0.05, 0) is 25.3 Å². The fraction of sp³-hybridized carbons (Fsp3) is 0.312. The van der Waals surface area contributed by atoms with Crippen molar-refractivity contribution in [2.75, 3.05) is 5.73 Å². The molecule has 0 unspecified atom stereocenters. The lowest BCUT2D eigenvalue weighted by atomic mass is 10.1. The van der Waals surface area contributed by atoms with Crippen LogP contribution in [0.25, 0.3) is 16.2 Å². The van der Waals surface area contributed by atoms with Crippen molar-refractivity contribution in [1.82, 2.24) is 9.38 Å². The number of nitrogens with zero attached hydrogens (tertiary/aromatic N) is 2. The predicted molar refractivity (Wildman–Crippen MR) is 86.5 cm³/mol. The number of imidazole rings is 1. The molecule has 0 radical (unpaired) electrons. The van der Waals surface area contributed by atoms with Gasteiger partial charge in [-0.15, -0.1) is 11.3 Å². The topological polar surface area (TPSA) is 43.3 Å². The zero-order chi connectivity index (χ0) is 14.4. The second-order valence-electron chi connectivity index (χ2n) is 5.53. The van der Waals surface area contributed by atoms with Crippen LogP contribution in [-0.4, -0.2) is 9.38 Å². The van der Waals surface area contributed by atoms with Gasteiger partial charge in [0.1, 0.15) is 5.82 Å². The van der Waals surface area contributed by atoms with E-state index in [4.69, 9.17) is 10.7 Å². The van der Waals surface area contributed by atoms with Gasteiger partial charge < -0.3 is 5.73 Å². The molecule has 3 rings (SSSR count). The highest BCUT2D eigenvalue weighted by Gasteiger charge is 2.19. The van der Waals surface area contributed by atoms with E-state index < -0.39 is 0 Å². The molecule has 0 aliphatic rings. The van der Waals surface area contributed by atoms with Gasteiger partial charge >= 0.3 is 0 Å². The number of aryl methyl sites for hydroxylation is 2. The number of aromatic nitrogens is 2. The number of benzene rings is 1. The van der Waals surface area contributed by atoms with Gasteiger partial charge in [-0.25, -0.2) is 4.98 Å². The summed E-state index contributed by atoms with van der Waals surface area (Å²) in [6.45, 7) is 8.48. The highest BCUT2D eigenvalue weighted by atomic mass is 32.1. The van der Waals surface area contributed by atoms with Crippen molar-refractivity contribution in [2.45, 2.75) is 33.6 Å². The molecule has 0 bridgehead atoms. The number of nitrogen functional groups attached to an aromatic ring is 1. The van der Waals surface area contributed by atoms with Gasteiger partial charge in [0.2, 0.25) is 0 Å². The first-order valence-corrected chi connectivity index (χ1v) is 7.65. The first-order chi connectivity index (χ1) is 9.49. The van der Waals surface area contributed by atoms with Crippen molar-refractivity contribution < 1.29 is 0 Å². The number of thiazole rings is 1. The van der Waals surface area contributed by atoms with E-state index in [1.165, 1.54) is 21.7 Å². The van der Waals surface area contributed by atoms with Crippen LogP contribution in [-0.2, 0) is 0 Å². The molecule has 4 heteroatoms. The van der Waals surface area contributed by atoms with Gasteiger partial charge in [0.05, 0.1) is 11.4 Å². The van der Waals surface area contributed by atoms with E-state index in [2.05, 4.69) is 56.4 Å². The molecule has 2 N–H and O–H groups in total. The van der Waals surface area contributed by atoms with E-state index >= 15 is 0 Å². The van der Waals surface area contributed by atoms with Crippen LogP contribution in [0, 0.1) is 13.8 Å². The standard InChI is InChI=1S/C16H19N3S/c1-9(2)13-15(17)19-14(11(4)20-16(19)18-13)12-7-5-10(3)6-8-12/h5-9H,17H2,1-4H3. The lowest BCUT2D eigenvalue weighted by Gasteiger charge is -2.06. The summed E-state index contributed by atoms with van der Waals surface area (Å²) in [6.07, 6.45) is 0. The second-order valence-corrected chi connectivity index (χ2v) is 6.71. The number of hydrogen-bond donors (Lipinski definition) is 1. The summed E-state index contributed by atoms with van der Waals surface area (Å²) in [6, 6.07) is 8.57. The van der Waals surface area contributed by atoms with Crippen LogP contribution in [0.5, 0.6) is 0 Å². The minimum atomic E-state index is 0.341. The van der Waals surface area contributed by atoms with Gasteiger partial charge in [-0.1, -0.05) is 43.7 Å². The van der Waals surface area contributed by atoms with Gasteiger partial charge in [0.25, 0.3) is 0 Å². The fourth-order valence-electron chi connectivity index (χ4n) is 2.52. The highest BCUT2D eigenvalue weighted by molar-refractivity contribution is 7.17. The van der Waals surface area contributed by atoms with E-state index in [9.17, 15) is 0 Å². The molecule has 0 fully saturated rings. The van der Waals surface area contributed by atoms with Crippen molar-refractivity contribution in [3.63, 3.8) is 0 Å². The smallest absolute Gasteiger partial charge is 0.196 e. The maximum atomic E-state index is 6.33. The van der Waals surface area contributed by atoms with Crippen molar-refractivity contribution in [2.24, 2.45) is 0 Å². The maximum Gasteiger partial charge on any atom is 0.196 e. The molecule has 104 valence electrons. The van der Waals surface area contributed by atoms with Crippen molar-refractivity contribution in [3.05, 3.63) is 40.4 Å². The normalized spacial score (nSPS) is 11.7. The molecule has 2 aromatic heterocycles. The number of rotatable bonds is 2. The molecule has 20 heavy (non-hydrogen) atoms. The monoisotopic (exact) mass is 285 g/mol. The van der Waals surface area contributed by atoms with Crippen LogP contribution in [0.1, 0.15) is 35.9 Å². The first kappa shape index (κ1) is 13.2. The SMILES string of the molecule is Cc1ccc(-c2c(C)sc3nc(C(C)C)c(N)n23)cc1. The van der Waals surface area contributed by atoms with Gasteiger partial charge in [0.15, 0.2) is 4.96 Å². The van der Waals surface area contributed by atoms with Crippen LogP contribution >= 0.6 is 11.3 Å². The molecule has 3 nitrogen and oxygen atoms in total. The van der Waals surface area contributed by atoms with Crippen LogP contribution in [0.3, 0.4) is 0 Å². The van der Waals surface area contributed by atoms with Crippen LogP contribution in [0.4, 0.5) is 5.82 Å². The highest BCUT2D eigenvalue weighted by Crippen LogP contribution is 2.36. The first-order valence-electron chi connectivity index (χ1n) is 6.83. The quantitative estimate of drug-likeness (QED) is 0.759. The predicted octanol–water partition coefficient (Wildman–Crippen LogP) is 4.39. The maximum absolute atomic E-state index is 6.33. The lowest BCUT2D eigenvalue weighted by molar-refractivity contribution is 0.838. The Morgan fingerprint density at radius 3 is 2.40 bits per heavy atom. The summed E-state index contributed by atoms with van der Waals surface area (Å²) in [4.78, 5) is 6.93. The number of hydrogen-bond acceptors (Lipinski definition) is 3. The Labute approximate surface area is 123 Å². The third-order valence-electron chi connectivity index (χ3n) is 3.58. The summed E-state index contributed by atoms with van der Waals surface area (Å²) in [5.74, 6) is 1.11. The Hall–Kier alpha value is -1.81.